The molecule has 4 aromatic rings. The first-order valence-electron chi connectivity index (χ1n) is 19.7. The van der Waals surface area contributed by atoms with Crippen molar-refractivity contribution in [1.29, 1.82) is 0 Å². The van der Waals surface area contributed by atoms with Crippen molar-refractivity contribution >= 4 is 47.1 Å². The predicted molar refractivity (Wildman–Crippen MR) is 222 cm³/mol. The molecular weight excluding hydrogens is 697 g/mol. The molecule has 2 aromatic carbocycles. The highest BCUT2D eigenvalue weighted by Crippen LogP contribution is 2.39. The van der Waals surface area contributed by atoms with E-state index in [1.165, 1.54) is 16.3 Å². The van der Waals surface area contributed by atoms with Crippen LogP contribution in [0, 0.1) is 17.3 Å². The van der Waals surface area contributed by atoms with Gasteiger partial charge in [-0.1, -0.05) is 113 Å². The summed E-state index contributed by atoms with van der Waals surface area (Å²) in [6.07, 6.45) is 3.28. The van der Waals surface area contributed by atoms with E-state index in [0.717, 1.165) is 23.0 Å². The standard InChI is InChI=1S/C43H66N2O6Si2/c1-27(2)42(8,9)52-50-35-24-36(51-53-43(10,11)28(3)4)40(48-23-21-30-26-45-34-19-15-13-17-32(30)34)49-37(35)38(39(46)41(5,6)7)47-22-20-29-25-44-33-18-14-12-16-31(29)33/h12-19,25-28,35-38,40,44-45H,20-24,52-53H2,1-11H3/t35-,36+,37-,38?,40-/m0/s1. The number of ether oxygens (including phenoxy) is 3. The minimum absolute atomic E-state index is 0.00652. The number of nitrogens with one attached hydrogen (secondary N) is 2. The molecule has 2 aromatic heterocycles. The van der Waals surface area contributed by atoms with Crippen LogP contribution in [0.1, 0.15) is 93.7 Å². The van der Waals surface area contributed by atoms with Gasteiger partial charge in [0.1, 0.15) is 12.2 Å². The monoisotopic (exact) mass is 762 g/mol. The number of rotatable bonds is 18. The van der Waals surface area contributed by atoms with E-state index < -0.39 is 43.4 Å². The summed E-state index contributed by atoms with van der Waals surface area (Å²) in [5.74, 6) is 0.953. The highest BCUT2D eigenvalue weighted by Gasteiger charge is 2.48. The van der Waals surface area contributed by atoms with Crippen LogP contribution >= 0.6 is 0 Å². The largest absolute Gasteiger partial charge is 0.418 e. The Hall–Kier alpha value is -2.58. The Kier molecular flexibility index (Phi) is 13.7. The minimum Gasteiger partial charge on any atom is -0.418 e. The summed E-state index contributed by atoms with van der Waals surface area (Å²) in [7, 11) is -2.05. The fraction of sp³-hybridized carbons (Fsp3) is 0.605. The Morgan fingerprint density at radius 1 is 0.755 bits per heavy atom. The van der Waals surface area contributed by atoms with Gasteiger partial charge in [0.25, 0.3) is 0 Å². The van der Waals surface area contributed by atoms with Crippen molar-refractivity contribution in [2.24, 2.45) is 17.3 Å². The van der Waals surface area contributed by atoms with Crippen molar-refractivity contribution in [2.45, 2.75) is 136 Å². The fourth-order valence-electron chi connectivity index (χ4n) is 6.51. The van der Waals surface area contributed by atoms with E-state index in [2.05, 4.69) is 108 Å². The third kappa shape index (κ3) is 10.4. The number of carbonyl (C=O) groups is 1. The van der Waals surface area contributed by atoms with Gasteiger partial charge < -0.3 is 33.0 Å². The van der Waals surface area contributed by atoms with Gasteiger partial charge in [-0.3, -0.25) is 4.79 Å². The van der Waals surface area contributed by atoms with Crippen LogP contribution in [0.25, 0.3) is 21.8 Å². The van der Waals surface area contributed by atoms with E-state index in [-0.39, 0.29) is 28.1 Å². The van der Waals surface area contributed by atoms with Crippen molar-refractivity contribution in [3.63, 3.8) is 0 Å². The molecule has 1 saturated heterocycles. The zero-order valence-corrected chi connectivity index (χ0v) is 37.0. The summed E-state index contributed by atoms with van der Waals surface area (Å²) >= 11 is 0. The van der Waals surface area contributed by atoms with Gasteiger partial charge in [-0.05, 0) is 58.0 Å². The zero-order valence-electron chi connectivity index (χ0n) is 34.2. The maximum Gasteiger partial charge on any atom is 0.183 e. The van der Waals surface area contributed by atoms with Gasteiger partial charge in [0, 0.05) is 46.0 Å². The lowest BCUT2D eigenvalue weighted by Crippen LogP contribution is -2.59. The Labute approximate surface area is 322 Å². The maximum absolute atomic E-state index is 14.4. The van der Waals surface area contributed by atoms with Crippen LogP contribution in [0.3, 0.4) is 0 Å². The number of hydrogen-bond donors (Lipinski definition) is 2. The van der Waals surface area contributed by atoms with Crippen molar-refractivity contribution in [1.82, 2.24) is 9.97 Å². The van der Waals surface area contributed by atoms with Crippen molar-refractivity contribution in [2.75, 3.05) is 13.2 Å². The molecule has 8 nitrogen and oxygen atoms in total. The summed E-state index contributed by atoms with van der Waals surface area (Å²) < 4.78 is 34.3. The molecule has 1 unspecified atom stereocenters. The smallest absolute Gasteiger partial charge is 0.183 e. The molecule has 0 bridgehead atoms. The second-order valence-corrected chi connectivity index (χ2v) is 23.1. The molecule has 1 aliphatic rings. The Morgan fingerprint density at radius 3 is 1.75 bits per heavy atom. The van der Waals surface area contributed by atoms with E-state index in [9.17, 15) is 4.79 Å². The zero-order chi connectivity index (χ0) is 38.6. The Balaban J connectivity index is 1.43. The van der Waals surface area contributed by atoms with Crippen molar-refractivity contribution in [3.8, 4) is 0 Å². The van der Waals surface area contributed by atoms with E-state index in [0.29, 0.717) is 37.9 Å². The molecule has 1 aliphatic heterocycles. The molecule has 3 heterocycles. The average Bonchev–Trinajstić information content (AvgIpc) is 3.72. The molecule has 0 spiro atoms. The molecule has 0 amide bonds. The highest BCUT2D eigenvalue weighted by atomic mass is 28.2. The fourth-order valence-corrected chi connectivity index (χ4v) is 9.08. The third-order valence-electron chi connectivity index (χ3n) is 11.9. The van der Waals surface area contributed by atoms with E-state index >= 15 is 0 Å². The number of fused-ring (bicyclic) bond motifs is 2. The van der Waals surface area contributed by atoms with Crippen LogP contribution in [-0.2, 0) is 40.7 Å². The summed E-state index contributed by atoms with van der Waals surface area (Å²) in [6, 6.07) is 16.6. The van der Waals surface area contributed by atoms with E-state index in [1.807, 2.05) is 39.1 Å². The van der Waals surface area contributed by atoms with Crippen LogP contribution in [0.5, 0.6) is 0 Å². The SMILES string of the molecule is CC(C)C(C)(C)[SiH2]O[C@H]1C[C@@H](O[SiH2]C(C)(C)C(C)C)[C@@H](OCCc2c[nH]c3ccccc23)O[C@@H]1C(OCCc1c[nH]c2ccccc12)C(=O)C(C)(C)C. The number of aromatic nitrogens is 2. The lowest BCUT2D eigenvalue weighted by molar-refractivity contribution is -0.274. The minimum atomic E-state index is -1.05. The number of benzene rings is 2. The molecule has 0 radical (unpaired) electrons. The van der Waals surface area contributed by atoms with Gasteiger partial charge in [0.15, 0.2) is 31.6 Å². The number of aromatic amines is 2. The topological polar surface area (TPSA) is 94.8 Å². The lowest BCUT2D eigenvalue weighted by atomic mass is 9.83. The highest BCUT2D eigenvalue weighted by molar-refractivity contribution is 6.32. The molecule has 2 N–H and O–H groups in total. The average molecular weight is 763 g/mol. The van der Waals surface area contributed by atoms with E-state index in [1.54, 1.807) is 0 Å². The molecule has 0 aliphatic carbocycles. The van der Waals surface area contributed by atoms with Gasteiger partial charge >= 0.3 is 0 Å². The number of Topliss-reactive ketones (excluding diaryl/α,β-unsaturated/α-hetero) is 1. The van der Waals surface area contributed by atoms with Gasteiger partial charge in [-0.2, -0.15) is 0 Å². The van der Waals surface area contributed by atoms with Crippen LogP contribution in [0.15, 0.2) is 60.9 Å². The summed E-state index contributed by atoms with van der Waals surface area (Å²) in [4.78, 5) is 21.2. The summed E-state index contributed by atoms with van der Waals surface area (Å²) in [5, 5.41) is 2.51. The Morgan fingerprint density at radius 2 is 1.25 bits per heavy atom. The molecule has 5 rings (SSSR count). The molecule has 292 valence electrons. The molecule has 10 heteroatoms. The van der Waals surface area contributed by atoms with Gasteiger partial charge in [0.2, 0.25) is 0 Å². The molecule has 5 atom stereocenters. The summed E-state index contributed by atoms with van der Waals surface area (Å²) in [6.45, 7) is 24.9. The van der Waals surface area contributed by atoms with Gasteiger partial charge in [-0.25, -0.2) is 0 Å². The molecule has 0 saturated carbocycles. The number of carbonyl (C=O) groups excluding carboxylic acids is 1. The van der Waals surface area contributed by atoms with Crippen LogP contribution in [-0.4, -0.2) is 79.2 Å². The quantitative estimate of drug-likeness (QED) is 0.0994. The third-order valence-corrected chi connectivity index (χ3v) is 16.2. The molecular formula is C43H66N2O6Si2. The second kappa shape index (κ2) is 17.5. The van der Waals surface area contributed by atoms with Crippen LogP contribution in [0.4, 0.5) is 0 Å². The van der Waals surface area contributed by atoms with Gasteiger partial charge in [0.05, 0.1) is 25.4 Å². The van der Waals surface area contributed by atoms with Crippen molar-refractivity contribution in [3.05, 3.63) is 72.1 Å². The number of para-hydroxylation sites is 2. The number of ketones is 1. The van der Waals surface area contributed by atoms with Gasteiger partial charge in [-0.15, -0.1) is 0 Å². The van der Waals surface area contributed by atoms with Crippen LogP contribution < -0.4 is 0 Å². The first-order chi connectivity index (χ1) is 25.0. The second-order valence-electron chi connectivity index (χ2n) is 18.2. The Bertz CT molecular complexity index is 1770. The predicted octanol–water partition coefficient (Wildman–Crippen LogP) is 8.21. The molecule has 1 fully saturated rings. The number of H-pyrrole nitrogens is 2. The normalized spacial score (nSPS) is 21.4. The molecule has 53 heavy (non-hydrogen) atoms. The van der Waals surface area contributed by atoms with E-state index in [4.69, 9.17) is 23.1 Å². The number of hydrogen-bond acceptors (Lipinski definition) is 6. The first-order valence-corrected chi connectivity index (χ1v) is 22.3. The van der Waals surface area contributed by atoms with Crippen LogP contribution in [0.2, 0.25) is 10.1 Å². The van der Waals surface area contributed by atoms with Crippen molar-refractivity contribution < 1.29 is 27.9 Å². The maximum atomic E-state index is 14.4. The first kappa shape index (κ1) is 41.6. The lowest BCUT2D eigenvalue weighted by Gasteiger charge is -2.46. The summed E-state index contributed by atoms with van der Waals surface area (Å²) in [5.41, 5.74) is 3.91.